The zero-order valence-corrected chi connectivity index (χ0v) is 13.1. The third-order valence-electron chi connectivity index (χ3n) is 5.28. The van der Waals surface area contributed by atoms with E-state index in [4.69, 9.17) is 5.73 Å². The molecule has 126 valence electrons. The van der Waals surface area contributed by atoms with E-state index in [1.807, 2.05) is 6.92 Å². The number of nitrogens with zero attached hydrogens (tertiary/aromatic N) is 1. The Morgan fingerprint density at radius 2 is 1.87 bits per heavy atom. The highest BCUT2D eigenvalue weighted by atomic mass is 19.4. The first-order valence-corrected chi connectivity index (χ1v) is 7.88. The summed E-state index contributed by atoms with van der Waals surface area (Å²) in [6.45, 7) is 1.75. The van der Waals surface area contributed by atoms with Crippen molar-refractivity contribution in [2.24, 2.45) is 11.7 Å². The average molecular weight is 326 g/mol. The Balaban J connectivity index is 1.87. The van der Waals surface area contributed by atoms with Gasteiger partial charge in [-0.05, 0) is 30.7 Å². The van der Waals surface area contributed by atoms with E-state index in [0.717, 1.165) is 0 Å². The lowest BCUT2D eigenvalue weighted by atomic mass is 9.69. The molecule has 1 aliphatic carbocycles. The SMILES string of the molecule is CC1CC(N)(C(=O)N2CCC(c3ccccc3)(C(F)(F)F)C2)C1. The third-order valence-corrected chi connectivity index (χ3v) is 5.28. The molecule has 1 aromatic carbocycles. The van der Waals surface area contributed by atoms with E-state index in [0.29, 0.717) is 18.8 Å². The van der Waals surface area contributed by atoms with Gasteiger partial charge < -0.3 is 10.6 Å². The van der Waals surface area contributed by atoms with Crippen LogP contribution >= 0.6 is 0 Å². The van der Waals surface area contributed by atoms with Crippen LogP contribution in [0.1, 0.15) is 31.7 Å². The first kappa shape index (κ1) is 16.3. The van der Waals surface area contributed by atoms with Crippen LogP contribution in [0.2, 0.25) is 0 Å². The van der Waals surface area contributed by atoms with Crippen molar-refractivity contribution in [2.45, 2.75) is 43.3 Å². The van der Waals surface area contributed by atoms with E-state index >= 15 is 0 Å². The Kier molecular flexibility index (Phi) is 3.71. The van der Waals surface area contributed by atoms with Gasteiger partial charge in [0.25, 0.3) is 0 Å². The summed E-state index contributed by atoms with van der Waals surface area (Å²) in [6, 6.07) is 7.88. The van der Waals surface area contributed by atoms with Crippen LogP contribution in [-0.2, 0) is 10.2 Å². The number of rotatable bonds is 2. The first-order valence-electron chi connectivity index (χ1n) is 7.88. The van der Waals surface area contributed by atoms with Crippen molar-refractivity contribution in [1.29, 1.82) is 0 Å². The fourth-order valence-corrected chi connectivity index (χ4v) is 4.04. The number of hydrogen-bond acceptors (Lipinski definition) is 2. The molecule has 3 nitrogen and oxygen atoms in total. The molecule has 0 radical (unpaired) electrons. The molecule has 6 heteroatoms. The van der Waals surface area contributed by atoms with Gasteiger partial charge in [0.15, 0.2) is 0 Å². The van der Waals surface area contributed by atoms with Gasteiger partial charge in [0.2, 0.25) is 5.91 Å². The fraction of sp³-hybridized carbons (Fsp3) is 0.588. The van der Waals surface area contributed by atoms with Crippen molar-refractivity contribution in [2.75, 3.05) is 13.1 Å². The number of carbonyl (C=O) groups is 1. The Morgan fingerprint density at radius 1 is 1.26 bits per heavy atom. The van der Waals surface area contributed by atoms with E-state index in [2.05, 4.69) is 0 Å². The van der Waals surface area contributed by atoms with Crippen LogP contribution in [0.15, 0.2) is 30.3 Å². The van der Waals surface area contributed by atoms with Gasteiger partial charge in [0.1, 0.15) is 5.41 Å². The molecule has 1 amide bonds. The molecular weight excluding hydrogens is 305 g/mol. The Bertz CT molecular complexity index is 596. The maximum atomic E-state index is 13.8. The normalized spacial score (nSPS) is 34.3. The number of nitrogens with two attached hydrogens (primary N) is 1. The molecule has 1 aromatic rings. The van der Waals surface area contributed by atoms with Crippen LogP contribution in [0.25, 0.3) is 0 Å². The summed E-state index contributed by atoms with van der Waals surface area (Å²) in [5.41, 5.74) is 3.33. The average Bonchev–Trinajstić information content (AvgIpc) is 2.92. The number of likely N-dealkylation sites (tertiary alicyclic amines) is 1. The Morgan fingerprint density at radius 3 is 2.39 bits per heavy atom. The van der Waals surface area contributed by atoms with Crippen LogP contribution < -0.4 is 5.73 Å². The number of alkyl halides is 3. The molecular formula is C17H21F3N2O. The number of benzene rings is 1. The topological polar surface area (TPSA) is 46.3 Å². The van der Waals surface area contributed by atoms with Gasteiger partial charge in [-0.15, -0.1) is 0 Å². The minimum atomic E-state index is -4.40. The molecule has 1 saturated carbocycles. The standard InChI is InChI=1S/C17H21F3N2O/c1-12-9-16(21,10-12)14(23)22-8-7-15(11-22,17(18,19)20)13-5-3-2-4-6-13/h2-6,12H,7-11,21H2,1H3. The lowest BCUT2D eigenvalue weighted by Gasteiger charge is -2.44. The van der Waals surface area contributed by atoms with E-state index in [1.54, 1.807) is 18.2 Å². The summed E-state index contributed by atoms with van der Waals surface area (Å²) in [7, 11) is 0. The molecule has 2 N–H and O–H groups in total. The highest BCUT2D eigenvalue weighted by Gasteiger charge is 2.61. The zero-order valence-electron chi connectivity index (χ0n) is 13.1. The van der Waals surface area contributed by atoms with Crippen LogP contribution in [0, 0.1) is 5.92 Å². The monoisotopic (exact) mass is 326 g/mol. The fourth-order valence-electron chi connectivity index (χ4n) is 4.04. The number of amides is 1. The maximum absolute atomic E-state index is 13.8. The highest BCUT2D eigenvalue weighted by Crippen LogP contribution is 2.48. The van der Waals surface area contributed by atoms with Gasteiger partial charge in [0.05, 0.1) is 5.54 Å². The minimum Gasteiger partial charge on any atom is -0.340 e. The van der Waals surface area contributed by atoms with Gasteiger partial charge in [-0.25, -0.2) is 0 Å². The molecule has 1 saturated heterocycles. The highest BCUT2D eigenvalue weighted by molar-refractivity contribution is 5.87. The molecule has 1 heterocycles. The van der Waals surface area contributed by atoms with E-state index in [1.165, 1.54) is 17.0 Å². The number of halogens is 3. The van der Waals surface area contributed by atoms with E-state index in [-0.39, 0.29) is 31.0 Å². The molecule has 23 heavy (non-hydrogen) atoms. The lowest BCUT2D eigenvalue weighted by molar-refractivity contribution is -0.187. The van der Waals surface area contributed by atoms with Gasteiger partial charge in [-0.2, -0.15) is 13.2 Å². The second kappa shape index (κ2) is 5.23. The second-order valence-corrected chi connectivity index (χ2v) is 7.09. The zero-order chi connectivity index (χ0) is 16.9. The van der Waals surface area contributed by atoms with Crippen LogP contribution in [0.5, 0.6) is 0 Å². The van der Waals surface area contributed by atoms with Crippen molar-refractivity contribution in [1.82, 2.24) is 4.90 Å². The maximum Gasteiger partial charge on any atom is 0.400 e. The molecule has 1 aliphatic heterocycles. The van der Waals surface area contributed by atoms with Crippen molar-refractivity contribution >= 4 is 5.91 Å². The quantitative estimate of drug-likeness (QED) is 0.908. The summed E-state index contributed by atoms with van der Waals surface area (Å²) in [5, 5.41) is 0. The second-order valence-electron chi connectivity index (χ2n) is 7.09. The van der Waals surface area contributed by atoms with Crippen molar-refractivity contribution in [3.05, 3.63) is 35.9 Å². The van der Waals surface area contributed by atoms with Gasteiger partial charge in [-0.3, -0.25) is 4.79 Å². The summed E-state index contributed by atoms with van der Waals surface area (Å²) >= 11 is 0. The molecule has 1 unspecified atom stereocenters. The van der Waals surface area contributed by atoms with Crippen LogP contribution in [-0.4, -0.2) is 35.6 Å². The van der Waals surface area contributed by atoms with Gasteiger partial charge >= 0.3 is 6.18 Å². The smallest absolute Gasteiger partial charge is 0.340 e. The van der Waals surface area contributed by atoms with E-state index < -0.39 is 17.1 Å². The molecule has 3 rings (SSSR count). The summed E-state index contributed by atoms with van der Waals surface area (Å²) in [6.07, 6.45) is -3.42. The first-order chi connectivity index (χ1) is 10.7. The predicted octanol–water partition coefficient (Wildman–Crippen LogP) is 2.85. The summed E-state index contributed by atoms with van der Waals surface area (Å²) in [5.74, 6) is 0.0192. The van der Waals surface area contributed by atoms with Crippen LogP contribution in [0.3, 0.4) is 0 Å². The molecule has 0 spiro atoms. The van der Waals surface area contributed by atoms with Crippen LogP contribution in [0.4, 0.5) is 13.2 Å². The molecule has 0 bridgehead atoms. The Labute approximate surface area is 133 Å². The molecule has 2 aliphatic rings. The number of hydrogen-bond donors (Lipinski definition) is 1. The Hall–Kier alpha value is -1.56. The van der Waals surface area contributed by atoms with E-state index in [9.17, 15) is 18.0 Å². The van der Waals surface area contributed by atoms with Gasteiger partial charge in [0, 0.05) is 13.1 Å². The minimum absolute atomic E-state index is 0.0978. The third kappa shape index (κ3) is 2.53. The molecule has 2 fully saturated rings. The predicted molar refractivity (Wildman–Crippen MR) is 80.7 cm³/mol. The number of carbonyl (C=O) groups excluding carboxylic acids is 1. The lowest BCUT2D eigenvalue weighted by Crippen LogP contribution is -2.62. The molecule has 0 aromatic heterocycles. The molecule has 1 atom stereocenters. The largest absolute Gasteiger partial charge is 0.400 e. The van der Waals surface area contributed by atoms with Crippen molar-refractivity contribution in [3.63, 3.8) is 0 Å². The van der Waals surface area contributed by atoms with Crippen molar-refractivity contribution < 1.29 is 18.0 Å². The van der Waals surface area contributed by atoms with Gasteiger partial charge in [-0.1, -0.05) is 37.3 Å². The summed E-state index contributed by atoms with van der Waals surface area (Å²) < 4.78 is 41.5. The summed E-state index contributed by atoms with van der Waals surface area (Å²) in [4.78, 5) is 13.9. The van der Waals surface area contributed by atoms with Crippen molar-refractivity contribution in [3.8, 4) is 0 Å².